The lowest BCUT2D eigenvalue weighted by atomic mass is 9.78. The lowest BCUT2D eigenvalue weighted by Crippen LogP contribution is -2.41. The predicted octanol–water partition coefficient (Wildman–Crippen LogP) is 3.76. The minimum atomic E-state index is -0.949. The second-order valence-electron chi connectivity index (χ2n) is 8.59. The van der Waals surface area contributed by atoms with E-state index < -0.39 is 25.2 Å². The summed E-state index contributed by atoms with van der Waals surface area (Å²) in [6.45, 7) is 11.5. The summed E-state index contributed by atoms with van der Waals surface area (Å²) < 4.78 is 22.2. The van der Waals surface area contributed by atoms with Gasteiger partial charge in [0.05, 0.1) is 23.4 Å². The molecule has 2 aromatic rings. The summed E-state index contributed by atoms with van der Waals surface area (Å²) in [6.07, 6.45) is -0.949. The van der Waals surface area contributed by atoms with E-state index in [0.29, 0.717) is 5.56 Å². The lowest BCUT2D eigenvalue weighted by molar-refractivity contribution is -0.152. The van der Waals surface area contributed by atoms with E-state index in [4.69, 9.17) is 18.8 Å². The zero-order chi connectivity index (χ0) is 22.8. The highest BCUT2D eigenvalue weighted by atomic mass is 16.7. The summed E-state index contributed by atoms with van der Waals surface area (Å²) in [5, 5.41) is 0. The van der Waals surface area contributed by atoms with Gasteiger partial charge in [0.25, 0.3) is 0 Å². The highest BCUT2D eigenvalue weighted by molar-refractivity contribution is 6.62. The standard InChI is InChI=1S/C24H29BO6/c1-7-28-21(26)16(2)29-22(27)19-10-8-17(9-11-19)18-12-14-20(15-13-18)25-30-23(3,4)24(5,6)31-25/h8-16H,7H2,1-6H3. The minimum Gasteiger partial charge on any atom is -0.463 e. The number of carbonyl (C=O) groups is 2. The van der Waals surface area contributed by atoms with Gasteiger partial charge in [-0.3, -0.25) is 0 Å². The maximum Gasteiger partial charge on any atom is 0.494 e. The van der Waals surface area contributed by atoms with Crippen LogP contribution in [0.5, 0.6) is 0 Å². The molecule has 2 aromatic carbocycles. The van der Waals surface area contributed by atoms with Crippen LogP contribution in [0.25, 0.3) is 11.1 Å². The first kappa shape index (κ1) is 23.0. The molecule has 1 aliphatic rings. The lowest BCUT2D eigenvalue weighted by Gasteiger charge is -2.32. The monoisotopic (exact) mass is 424 g/mol. The zero-order valence-corrected chi connectivity index (χ0v) is 18.9. The minimum absolute atomic E-state index is 0.239. The number of ether oxygens (including phenoxy) is 2. The molecule has 0 N–H and O–H groups in total. The summed E-state index contributed by atoms with van der Waals surface area (Å²) in [5.74, 6) is -1.13. The molecular weight excluding hydrogens is 395 g/mol. The van der Waals surface area contributed by atoms with Crippen LogP contribution in [0, 0.1) is 0 Å². The van der Waals surface area contributed by atoms with E-state index in [1.54, 1.807) is 19.1 Å². The van der Waals surface area contributed by atoms with Crippen LogP contribution in [-0.2, 0) is 23.6 Å². The molecule has 0 radical (unpaired) electrons. The Morgan fingerprint density at radius 3 is 1.87 bits per heavy atom. The van der Waals surface area contributed by atoms with Crippen molar-refractivity contribution in [2.24, 2.45) is 0 Å². The molecule has 1 unspecified atom stereocenters. The second-order valence-corrected chi connectivity index (χ2v) is 8.59. The van der Waals surface area contributed by atoms with Gasteiger partial charge in [-0.2, -0.15) is 0 Å². The molecule has 0 bridgehead atoms. The van der Waals surface area contributed by atoms with Gasteiger partial charge in [-0.25, -0.2) is 9.59 Å². The Kier molecular flexibility index (Phi) is 6.58. The van der Waals surface area contributed by atoms with Crippen LogP contribution in [0.2, 0.25) is 0 Å². The molecule has 6 nitrogen and oxygen atoms in total. The van der Waals surface area contributed by atoms with Gasteiger partial charge in [0.15, 0.2) is 6.10 Å². The normalized spacial score (nSPS) is 17.8. The average Bonchev–Trinajstić information content (AvgIpc) is 2.95. The Morgan fingerprint density at radius 1 is 0.903 bits per heavy atom. The van der Waals surface area contributed by atoms with Gasteiger partial charge in [-0.15, -0.1) is 0 Å². The van der Waals surface area contributed by atoms with Crippen LogP contribution < -0.4 is 5.46 Å². The maximum absolute atomic E-state index is 12.3. The number of benzene rings is 2. The third-order valence-corrected chi connectivity index (χ3v) is 5.79. The molecule has 1 atom stereocenters. The Bertz CT molecular complexity index is 918. The molecule has 0 saturated carbocycles. The number of hydrogen-bond donors (Lipinski definition) is 0. The Morgan fingerprint density at radius 2 is 1.39 bits per heavy atom. The molecule has 164 valence electrons. The van der Waals surface area contributed by atoms with Crippen molar-refractivity contribution in [1.82, 2.24) is 0 Å². The van der Waals surface area contributed by atoms with Gasteiger partial charge in [-0.1, -0.05) is 36.4 Å². The molecule has 31 heavy (non-hydrogen) atoms. The van der Waals surface area contributed by atoms with Gasteiger partial charge in [0.2, 0.25) is 0 Å². The largest absolute Gasteiger partial charge is 0.494 e. The van der Waals surface area contributed by atoms with Crippen LogP contribution in [-0.4, -0.2) is 43.0 Å². The first-order chi connectivity index (χ1) is 14.5. The van der Waals surface area contributed by atoms with Crippen molar-refractivity contribution in [3.63, 3.8) is 0 Å². The molecule has 1 heterocycles. The topological polar surface area (TPSA) is 71.1 Å². The SMILES string of the molecule is CCOC(=O)C(C)OC(=O)c1ccc(-c2ccc(B3OC(C)(C)C(C)(C)O3)cc2)cc1. The molecule has 1 fully saturated rings. The third-order valence-electron chi connectivity index (χ3n) is 5.79. The molecule has 3 rings (SSSR count). The summed E-state index contributed by atoms with van der Waals surface area (Å²) >= 11 is 0. The number of esters is 2. The smallest absolute Gasteiger partial charge is 0.463 e. The average molecular weight is 424 g/mol. The van der Waals surface area contributed by atoms with Crippen molar-refractivity contribution in [3.8, 4) is 11.1 Å². The summed E-state index contributed by atoms with van der Waals surface area (Å²) in [5.41, 5.74) is 2.51. The van der Waals surface area contributed by atoms with Crippen LogP contribution in [0.15, 0.2) is 48.5 Å². The van der Waals surface area contributed by atoms with E-state index in [1.165, 1.54) is 6.92 Å². The molecular formula is C24H29BO6. The van der Waals surface area contributed by atoms with Crippen molar-refractivity contribution in [3.05, 3.63) is 54.1 Å². The van der Waals surface area contributed by atoms with E-state index >= 15 is 0 Å². The van der Waals surface area contributed by atoms with Crippen molar-refractivity contribution in [1.29, 1.82) is 0 Å². The van der Waals surface area contributed by atoms with Crippen molar-refractivity contribution in [2.75, 3.05) is 6.61 Å². The predicted molar refractivity (Wildman–Crippen MR) is 119 cm³/mol. The van der Waals surface area contributed by atoms with Crippen molar-refractivity contribution in [2.45, 2.75) is 58.8 Å². The first-order valence-electron chi connectivity index (χ1n) is 10.5. The summed E-state index contributed by atoms with van der Waals surface area (Å²) in [4.78, 5) is 23.9. The van der Waals surface area contributed by atoms with Gasteiger partial charge >= 0.3 is 19.1 Å². The maximum atomic E-state index is 12.3. The second kappa shape index (κ2) is 8.85. The van der Waals surface area contributed by atoms with Gasteiger partial charge in [0, 0.05) is 0 Å². The molecule has 0 spiro atoms. The highest BCUT2D eigenvalue weighted by Gasteiger charge is 2.51. The van der Waals surface area contributed by atoms with Gasteiger partial charge < -0.3 is 18.8 Å². The molecule has 0 amide bonds. The van der Waals surface area contributed by atoms with Crippen molar-refractivity contribution >= 4 is 24.5 Å². The highest BCUT2D eigenvalue weighted by Crippen LogP contribution is 2.36. The number of hydrogen-bond acceptors (Lipinski definition) is 6. The Labute approximate surface area is 184 Å². The zero-order valence-electron chi connectivity index (χ0n) is 18.9. The Hall–Kier alpha value is -2.64. The van der Waals surface area contributed by atoms with Crippen molar-refractivity contribution < 1.29 is 28.4 Å². The molecule has 1 aliphatic heterocycles. The van der Waals surface area contributed by atoms with Crippen LogP contribution in [0.1, 0.15) is 51.9 Å². The number of carbonyl (C=O) groups excluding carboxylic acids is 2. The van der Waals surface area contributed by atoms with E-state index in [0.717, 1.165) is 16.6 Å². The van der Waals surface area contributed by atoms with E-state index in [-0.39, 0.29) is 17.8 Å². The number of rotatable bonds is 6. The molecule has 0 aliphatic carbocycles. The fraction of sp³-hybridized carbons (Fsp3) is 0.417. The van der Waals surface area contributed by atoms with Crippen LogP contribution in [0.3, 0.4) is 0 Å². The summed E-state index contributed by atoms with van der Waals surface area (Å²) in [6, 6.07) is 15.0. The molecule has 0 aromatic heterocycles. The third kappa shape index (κ3) is 5.00. The fourth-order valence-corrected chi connectivity index (χ4v) is 3.15. The van der Waals surface area contributed by atoms with E-state index in [2.05, 4.69) is 0 Å². The van der Waals surface area contributed by atoms with Crippen LogP contribution >= 0.6 is 0 Å². The van der Waals surface area contributed by atoms with Gasteiger partial charge in [-0.05, 0) is 70.3 Å². The molecule has 1 saturated heterocycles. The van der Waals surface area contributed by atoms with Crippen LogP contribution in [0.4, 0.5) is 0 Å². The Balaban J connectivity index is 1.66. The quantitative estimate of drug-likeness (QED) is 0.520. The van der Waals surface area contributed by atoms with E-state index in [1.807, 2.05) is 64.1 Å². The molecule has 7 heteroatoms. The fourth-order valence-electron chi connectivity index (χ4n) is 3.15. The van der Waals surface area contributed by atoms with E-state index in [9.17, 15) is 9.59 Å². The summed E-state index contributed by atoms with van der Waals surface area (Å²) in [7, 11) is -0.405. The van der Waals surface area contributed by atoms with Gasteiger partial charge in [0.1, 0.15) is 0 Å². The first-order valence-corrected chi connectivity index (χ1v) is 10.5.